The highest BCUT2D eigenvalue weighted by molar-refractivity contribution is 7.13. The van der Waals surface area contributed by atoms with Crippen LogP contribution in [0.25, 0.3) is 0 Å². The highest BCUT2D eigenvalue weighted by atomic mass is 32.1. The molecule has 0 atom stereocenters. The summed E-state index contributed by atoms with van der Waals surface area (Å²) in [5.74, 6) is 4.93. The second-order valence-corrected chi connectivity index (χ2v) is 6.40. The maximum Gasteiger partial charge on any atom is 0.421 e. The Bertz CT molecular complexity index is 582. The number of carbonyl (C=O) groups is 1. The number of anilines is 1. The summed E-state index contributed by atoms with van der Waals surface area (Å²) < 4.78 is 4.86. The third-order valence-electron chi connectivity index (χ3n) is 2.81. The lowest BCUT2D eigenvalue weighted by Gasteiger charge is -2.01. The molecule has 0 aliphatic heterocycles. The first-order valence-corrected chi connectivity index (χ1v) is 8.24. The van der Waals surface area contributed by atoms with E-state index in [1.54, 1.807) is 22.7 Å². The summed E-state index contributed by atoms with van der Waals surface area (Å²) in [5.41, 5.74) is 3.05. The maximum atomic E-state index is 10.8. The van der Waals surface area contributed by atoms with E-state index >= 15 is 0 Å². The number of nitrogens with one attached hydrogen (secondary N) is 2. The summed E-state index contributed by atoms with van der Waals surface area (Å²) in [7, 11) is 1.88. The van der Waals surface area contributed by atoms with Gasteiger partial charge in [0.15, 0.2) is 5.13 Å². The van der Waals surface area contributed by atoms with E-state index in [2.05, 4.69) is 27.8 Å². The molecule has 114 valence electrons. The van der Waals surface area contributed by atoms with E-state index < -0.39 is 6.09 Å². The van der Waals surface area contributed by atoms with Crippen LogP contribution in [-0.4, -0.2) is 24.7 Å². The van der Waals surface area contributed by atoms with Gasteiger partial charge in [-0.15, -0.1) is 22.7 Å². The van der Waals surface area contributed by atoms with Crippen LogP contribution in [0.5, 0.6) is 0 Å². The molecule has 0 aliphatic rings. The number of nitrogens with zero attached hydrogens (tertiary/aromatic N) is 1. The summed E-state index contributed by atoms with van der Waals surface area (Å²) in [5, 5.41) is 6.08. The molecule has 8 heteroatoms. The van der Waals surface area contributed by atoms with E-state index in [9.17, 15) is 4.79 Å². The molecule has 0 spiro atoms. The molecule has 2 rings (SSSR count). The predicted molar refractivity (Wildman–Crippen MR) is 85.8 cm³/mol. The molecule has 0 aromatic carbocycles. The minimum atomic E-state index is -0.601. The van der Waals surface area contributed by atoms with E-state index in [0.717, 1.165) is 23.7 Å². The number of carbonyl (C=O) groups excluding carboxylic acids is 1. The number of aryl methyl sites for hydroxylation is 2. The van der Waals surface area contributed by atoms with Gasteiger partial charge in [0.2, 0.25) is 0 Å². The van der Waals surface area contributed by atoms with Gasteiger partial charge >= 0.3 is 6.09 Å². The molecule has 0 radical (unpaired) electrons. The molecule has 6 nitrogen and oxygen atoms in total. The molecular weight excluding hydrogens is 308 g/mol. The van der Waals surface area contributed by atoms with Crippen LogP contribution in [0.2, 0.25) is 0 Å². The highest BCUT2D eigenvalue weighted by Gasteiger charge is 2.05. The number of hydrazine groups is 1. The van der Waals surface area contributed by atoms with Crippen LogP contribution >= 0.6 is 22.7 Å². The highest BCUT2D eigenvalue weighted by Crippen LogP contribution is 2.21. The molecular formula is C13H18N4O2S2. The number of hydrogen-bond acceptors (Lipinski definition) is 7. The normalized spacial score (nSPS) is 10.4. The van der Waals surface area contributed by atoms with Gasteiger partial charge < -0.3 is 10.1 Å². The number of hydrogen-bond donors (Lipinski definition) is 3. The van der Waals surface area contributed by atoms with Crippen molar-refractivity contribution in [2.24, 2.45) is 5.84 Å². The molecule has 21 heavy (non-hydrogen) atoms. The molecule has 0 unspecified atom stereocenters. The van der Waals surface area contributed by atoms with Crippen molar-refractivity contribution in [2.75, 3.05) is 19.0 Å². The monoisotopic (exact) mass is 326 g/mol. The fourth-order valence-electron chi connectivity index (χ4n) is 1.76. The largest absolute Gasteiger partial charge is 0.448 e. The first-order chi connectivity index (χ1) is 10.2. The Morgan fingerprint density at radius 3 is 2.76 bits per heavy atom. The Morgan fingerprint density at radius 2 is 2.10 bits per heavy atom. The van der Waals surface area contributed by atoms with E-state index in [0.29, 0.717) is 13.0 Å². The first-order valence-electron chi connectivity index (χ1n) is 6.54. The van der Waals surface area contributed by atoms with E-state index in [1.807, 2.05) is 12.5 Å². The molecule has 2 aromatic rings. The third kappa shape index (κ3) is 5.00. The number of thiophene rings is 1. The van der Waals surface area contributed by atoms with Crippen LogP contribution in [0.4, 0.5) is 9.93 Å². The molecule has 0 saturated heterocycles. The zero-order chi connectivity index (χ0) is 15.1. The van der Waals surface area contributed by atoms with Crippen molar-refractivity contribution >= 4 is 33.9 Å². The summed E-state index contributed by atoms with van der Waals surface area (Å²) in [6, 6.07) is 4.19. The number of thiazole rings is 1. The number of amides is 1. The van der Waals surface area contributed by atoms with Gasteiger partial charge in [-0.05, 0) is 25.0 Å². The van der Waals surface area contributed by atoms with Gasteiger partial charge in [-0.1, -0.05) is 0 Å². The third-order valence-corrected chi connectivity index (χ3v) is 4.92. The van der Waals surface area contributed by atoms with Gasteiger partial charge in [0.1, 0.15) is 0 Å². The Labute approximate surface area is 131 Å². The Balaban J connectivity index is 1.76. The molecule has 0 bridgehead atoms. The van der Waals surface area contributed by atoms with Crippen LogP contribution in [0.1, 0.15) is 15.4 Å². The van der Waals surface area contributed by atoms with Crippen LogP contribution in [0.15, 0.2) is 17.5 Å². The van der Waals surface area contributed by atoms with Crippen molar-refractivity contribution in [3.63, 3.8) is 0 Å². The molecule has 0 saturated carbocycles. The van der Waals surface area contributed by atoms with Crippen molar-refractivity contribution in [1.82, 2.24) is 10.4 Å². The second kappa shape index (κ2) is 7.96. The molecule has 2 aromatic heterocycles. The van der Waals surface area contributed by atoms with Gasteiger partial charge in [-0.2, -0.15) is 0 Å². The molecule has 4 N–H and O–H groups in total. The second-order valence-electron chi connectivity index (χ2n) is 4.29. The Morgan fingerprint density at radius 1 is 1.33 bits per heavy atom. The lowest BCUT2D eigenvalue weighted by atomic mass is 10.2. The van der Waals surface area contributed by atoms with E-state index in [-0.39, 0.29) is 0 Å². The average Bonchev–Trinajstić information content (AvgIpc) is 3.13. The number of rotatable bonds is 7. The van der Waals surface area contributed by atoms with Crippen molar-refractivity contribution < 1.29 is 9.53 Å². The summed E-state index contributed by atoms with van der Waals surface area (Å²) in [6.45, 7) is 0.334. The van der Waals surface area contributed by atoms with Gasteiger partial charge in [0.25, 0.3) is 0 Å². The number of nitrogens with two attached hydrogens (primary N) is 1. The zero-order valence-electron chi connectivity index (χ0n) is 11.7. The topological polar surface area (TPSA) is 89.3 Å². The van der Waals surface area contributed by atoms with Crippen LogP contribution in [-0.2, 0) is 24.0 Å². The zero-order valence-corrected chi connectivity index (χ0v) is 13.4. The van der Waals surface area contributed by atoms with Gasteiger partial charge in [0.05, 0.1) is 12.3 Å². The number of aromatic nitrogens is 1. The molecule has 0 aliphatic carbocycles. The molecule has 1 amide bonds. The summed E-state index contributed by atoms with van der Waals surface area (Å²) in [4.78, 5) is 17.8. The first kappa shape index (κ1) is 15.7. The van der Waals surface area contributed by atoms with Crippen molar-refractivity contribution in [3.05, 3.63) is 33.0 Å². The fraction of sp³-hybridized carbons (Fsp3) is 0.385. The lowest BCUT2D eigenvalue weighted by Crippen LogP contribution is -2.31. The minimum Gasteiger partial charge on any atom is -0.448 e. The summed E-state index contributed by atoms with van der Waals surface area (Å²) in [6.07, 6.45) is 2.01. The van der Waals surface area contributed by atoms with Gasteiger partial charge in [-0.3, -0.25) is 5.43 Å². The van der Waals surface area contributed by atoms with E-state index in [1.165, 1.54) is 9.75 Å². The summed E-state index contributed by atoms with van der Waals surface area (Å²) >= 11 is 3.36. The minimum absolute atomic E-state index is 0.334. The number of ether oxygens (including phenoxy) is 1. The standard InChI is InChI=1S/C13H18N4O2S2/c1-15-12-16-9(8-20-12)2-3-10-4-5-11(21-10)6-7-19-13(18)17-14/h4-5,8H,2-3,6-7,14H2,1H3,(H,15,16)(H,17,18). The molecule has 0 fully saturated rings. The Hall–Kier alpha value is -1.64. The predicted octanol–water partition coefficient (Wildman–Crippen LogP) is 2.17. The quantitative estimate of drug-likeness (QED) is 0.412. The Kier molecular flexibility index (Phi) is 5.97. The SMILES string of the molecule is CNc1nc(CCc2ccc(CCOC(=O)NN)s2)cs1. The van der Waals surface area contributed by atoms with Crippen LogP contribution in [0.3, 0.4) is 0 Å². The smallest absolute Gasteiger partial charge is 0.421 e. The lowest BCUT2D eigenvalue weighted by molar-refractivity contribution is 0.148. The van der Waals surface area contributed by atoms with Gasteiger partial charge in [-0.25, -0.2) is 15.6 Å². The van der Waals surface area contributed by atoms with Crippen LogP contribution < -0.4 is 16.6 Å². The van der Waals surface area contributed by atoms with Crippen molar-refractivity contribution in [2.45, 2.75) is 19.3 Å². The van der Waals surface area contributed by atoms with E-state index in [4.69, 9.17) is 10.6 Å². The average molecular weight is 326 g/mol. The fourth-order valence-corrected chi connectivity index (χ4v) is 3.47. The van der Waals surface area contributed by atoms with Gasteiger partial charge in [0, 0.05) is 28.6 Å². The molecule has 2 heterocycles. The van der Waals surface area contributed by atoms with Crippen molar-refractivity contribution in [1.29, 1.82) is 0 Å². The maximum absolute atomic E-state index is 10.8. The van der Waals surface area contributed by atoms with Crippen LogP contribution in [0, 0.1) is 0 Å². The van der Waals surface area contributed by atoms with Crippen molar-refractivity contribution in [3.8, 4) is 0 Å².